The second-order valence-corrected chi connectivity index (χ2v) is 6.92. The van der Waals surface area contributed by atoms with Crippen molar-refractivity contribution in [2.45, 2.75) is 39.0 Å². The van der Waals surface area contributed by atoms with Gasteiger partial charge >= 0.3 is 0 Å². The lowest BCUT2D eigenvalue weighted by Crippen LogP contribution is -2.41. The van der Waals surface area contributed by atoms with E-state index in [-0.39, 0.29) is 24.0 Å². The van der Waals surface area contributed by atoms with Gasteiger partial charge in [0.15, 0.2) is 5.96 Å². The number of aliphatic imine (C=N–C) groups is 1. The van der Waals surface area contributed by atoms with Crippen LogP contribution < -0.4 is 10.6 Å². The molecule has 2 aliphatic rings. The van der Waals surface area contributed by atoms with Gasteiger partial charge in [-0.15, -0.1) is 24.0 Å². The summed E-state index contributed by atoms with van der Waals surface area (Å²) in [7, 11) is 0. The van der Waals surface area contributed by atoms with E-state index in [4.69, 9.17) is 14.5 Å². The van der Waals surface area contributed by atoms with Crippen LogP contribution in [0.15, 0.2) is 29.3 Å². The van der Waals surface area contributed by atoms with Gasteiger partial charge in [0.25, 0.3) is 0 Å². The van der Waals surface area contributed by atoms with Gasteiger partial charge in [-0.3, -0.25) is 4.90 Å². The second kappa shape index (κ2) is 12.5. The highest BCUT2D eigenvalue weighted by atomic mass is 127. The SMILES string of the molecule is CCNC(=NCc1ccc(CN2CCOCC2)cc1)NCC1CCCO1.I. The number of ether oxygens (including phenoxy) is 2. The third-order valence-corrected chi connectivity index (χ3v) is 4.82. The number of hydrogen-bond donors (Lipinski definition) is 2. The average Bonchev–Trinajstić information content (AvgIpc) is 3.20. The summed E-state index contributed by atoms with van der Waals surface area (Å²) in [4.78, 5) is 7.14. The molecule has 3 rings (SSSR count). The first-order valence-corrected chi connectivity index (χ1v) is 9.85. The smallest absolute Gasteiger partial charge is 0.191 e. The van der Waals surface area contributed by atoms with E-state index >= 15 is 0 Å². The van der Waals surface area contributed by atoms with Crippen LogP contribution in [0.3, 0.4) is 0 Å². The first-order valence-electron chi connectivity index (χ1n) is 9.85. The molecule has 2 fully saturated rings. The second-order valence-electron chi connectivity index (χ2n) is 6.92. The molecule has 0 bridgehead atoms. The molecule has 0 saturated carbocycles. The van der Waals surface area contributed by atoms with Gasteiger partial charge in [0, 0.05) is 39.3 Å². The Hall–Kier alpha value is -0.900. The zero-order chi connectivity index (χ0) is 18.0. The third kappa shape index (κ3) is 7.93. The van der Waals surface area contributed by atoms with Crippen LogP contribution in [0.5, 0.6) is 0 Å². The Bertz CT molecular complexity index is 556. The highest BCUT2D eigenvalue weighted by molar-refractivity contribution is 14.0. The van der Waals surface area contributed by atoms with Crippen molar-refractivity contribution in [1.82, 2.24) is 15.5 Å². The monoisotopic (exact) mass is 488 g/mol. The fourth-order valence-corrected chi connectivity index (χ4v) is 3.30. The van der Waals surface area contributed by atoms with Crippen LogP contribution in [-0.2, 0) is 22.6 Å². The minimum Gasteiger partial charge on any atom is -0.379 e. The summed E-state index contributed by atoms with van der Waals surface area (Å²) in [5.41, 5.74) is 2.58. The highest BCUT2D eigenvalue weighted by Gasteiger charge is 2.15. The van der Waals surface area contributed by atoms with Crippen molar-refractivity contribution in [3.8, 4) is 0 Å². The van der Waals surface area contributed by atoms with Gasteiger partial charge in [0.1, 0.15) is 0 Å². The largest absolute Gasteiger partial charge is 0.379 e. The molecule has 0 aromatic heterocycles. The van der Waals surface area contributed by atoms with Crippen LogP contribution in [0.1, 0.15) is 30.9 Å². The van der Waals surface area contributed by atoms with Crippen molar-refractivity contribution in [2.24, 2.45) is 4.99 Å². The van der Waals surface area contributed by atoms with Gasteiger partial charge in [-0.2, -0.15) is 0 Å². The molecular weight excluding hydrogens is 455 g/mol. The minimum atomic E-state index is 0. The molecule has 1 atom stereocenters. The molecule has 2 aliphatic heterocycles. The Kier molecular flexibility index (Phi) is 10.4. The van der Waals surface area contributed by atoms with Crippen LogP contribution in [0.25, 0.3) is 0 Å². The van der Waals surface area contributed by atoms with Crippen molar-refractivity contribution in [2.75, 3.05) is 46.0 Å². The Morgan fingerprint density at radius 2 is 1.85 bits per heavy atom. The van der Waals surface area contributed by atoms with E-state index in [2.05, 4.69) is 46.7 Å². The van der Waals surface area contributed by atoms with E-state index in [1.165, 1.54) is 11.1 Å². The summed E-state index contributed by atoms with van der Waals surface area (Å²) in [5, 5.41) is 6.70. The van der Waals surface area contributed by atoms with Gasteiger partial charge in [0.2, 0.25) is 0 Å². The molecule has 0 spiro atoms. The normalized spacial score (nSPS) is 20.9. The quantitative estimate of drug-likeness (QED) is 0.351. The Morgan fingerprint density at radius 1 is 1.11 bits per heavy atom. The van der Waals surface area contributed by atoms with Crippen molar-refractivity contribution < 1.29 is 9.47 Å². The van der Waals surface area contributed by atoms with Gasteiger partial charge in [0.05, 0.1) is 25.9 Å². The molecule has 0 radical (unpaired) electrons. The first kappa shape index (κ1) is 22.4. The number of nitrogens with zero attached hydrogens (tertiary/aromatic N) is 2. The fraction of sp³-hybridized carbons (Fsp3) is 0.650. The summed E-state index contributed by atoms with van der Waals surface area (Å²) in [5.74, 6) is 0.861. The summed E-state index contributed by atoms with van der Waals surface area (Å²) in [6.45, 7) is 10.1. The summed E-state index contributed by atoms with van der Waals surface area (Å²) < 4.78 is 11.1. The van der Waals surface area contributed by atoms with Gasteiger partial charge < -0.3 is 20.1 Å². The Morgan fingerprint density at radius 3 is 2.52 bits per heavy atom. The topological polar surface area (TPSA) is 58.1 Å². The highest BCUT2D eigenvalue weighted by Crippen LogP contribution is 2.11. The van der Waals surface area contributed by atoms with E-state index in [0.717, 1.165) is 71.3 Å². The molecule has 0 amide bonds. The zero-order valence-electron chi connectivity index (χ0n) is 16.3. The zero-order valence-corrected chi connectivity index (χ0v) is 18.6. The van der Waals surface area contributed by atoms with E-state index in [9.17, 15) is 0 Å². The van der Waals surface area contributed by atoms with Gasteiger partial charge in [-0.1, -0.05) is 24.3 Å². The average molecular weight is 488 g/mol. The maximum atomic E-state index is 5.66. The van der Waals surface area contributed by atoms with Crippen LogP contribution in [0.4, 0.5) is 0 Å². The fourth-order valence-electron chi connectivity index (χ4n) is 3.30. The summed E-state index contributed by atoms with van der Waals surface area (Å²) in [6, 6.07) is 8.80. The third-order valence-electron chi connectivity index (χ3n) is 4.82. The number of hydrogen-bond acceptors (Lipinski definition) is 4. The maximum absolute atomic E-state index is 5.66. The van der Waals surface area contributed by atoms with E-state index in [0.29, 0.717) is 12.6 Å². The minimum absolute atomic E-state index is 0. The number of rotatable bonds is 7. The van der Waals surface area contributed by atoms with E-state index in [1.807, 2.05) is 0 Å². The number of halogens is 1. The molecule has 152 valence electrons. The van der Waals surface area contributed by atoms with Crippen LogP contribution in [0, 0.1) is 0 Å². The predicted octanol–water partition coefficient (Wildman–Crippen LogP) is 2.37. The molecule has 1 aromatic carbocycles. The number of morpholine rings is 1. The molecule has 6 nitrogen and oxygen atoms in total. The molecule has 1 unspecified atom stereocenters. The van der Waals surface area contributed by atoms with E-state index < -0.39 is 0 Å². The molecule has 0 aliphatic carbocycles. The standard InChI is InChI=1S/C20H32N4O2.HI/c1-2-21-20(23-15-19-4-3-11-26-19)22-14-17-5-7-18(8-6-17)16-24-9-12-25-13-10-24;/h5-8,19H,2-4,9-16H2,1H3,(H2,21,22,23);1H. The first-order chi connectivity index (χ1) is 12.8. The van der Waals surface area contributed by atoms with Crippen LogP contribution in [-0.4, -0.2) is 63.0 Å². The lowest BCUT2D eigenvalue weighted by atomic mass is 10.1. The molecular formula is C20H33IN4O2. The Labute approximate surface area is 180 Å². The van der Waals surface area contributed by atoms with E-state index in [1.54, 1.807) is 0 Å². The van der Waals surface area contributed by atoms with Crippen LogP contribution >= 0.6 is 24.0 Å². The van der Waals surface area contributed by atoms with Crippen molar-refractivity contribution in [3.63, 3.8) is 0 Å². The number of nitrogens with one attached hydrogen (secondary N) is 2. The summed E-state index contributed by atoms with van der Waals surface area (Å²) in [6.07, 6.45) is 2.62. The lowest BCUT2D eigenvalue weighted by Gasteiger charge is -2.26. The molecule has 2 heterocycles. The Balaban J connectivity index is 0.00000261. The van der Waals surface area contributed by atoms with Crippen molar-refractivity contribution in [1.29, 1.82) is 0 Å². The number of guanidine groups is 1. The molecule has 27 heavy (non-hydrogen) atoms. The van der Waals surface area contributed by atoms with Crippen LogP contribution in [0.2, 0.25) is 0 Å². The number of benzene rings is 1. The molecule has 2 saturated heterocycles. The molecule has 1 aromatic rings. The van der Waals surface area contributed by atoms with Gasteiger partial charge in [-0.05, 0) is 30.9 Å². The van der Waals surface area contributed by atoms with Crippen molar-refractivity contribution in [3.05, 3.63) is 35.4 Å². The summed E-state index contributed by atoms with van der Waals surface area (Å²) >= 11 is 0. The van der Waals surface area contributed by atoms with Gasteiger partial charge in [-0.25, -0.2) is 4.99 Å². The lowest BCUT2D eigenvalue weighted by molar-refractivity contribution is 0.0342. The molecule has 7 heteroatoms. The predicted molar refractivity (Wildman–Crippen MR) is 120 cm³/mol. The maximum Gasteiger partial charge on any atom is 0.191 e. The van der Waals surface area contributed by atoms with Crippen molar-refractivity contribution >= 4 is 29.9 Å². The molecule has 2 N–H and O–H groups in total.